The lowest BCUT2D eigenvalue weighted by Gasteiger charge is -2.32. The van der Waals surface area contributed by atoms with E-state index in [1.54, 1.807) is 44.3 Å². The number of H-pyrrole nitrogens is 1. The van der Waals surface area contributed by atoms with Crippen LogP contribution in [-0.2, 0) is 9.59 Å². The van der Waals surface area contributed by atoms with Crippen LogP contribution in [0.1, 0.15) is 24.8 Å². The van der Waals surface area contributed by atoms with E-state index in [9.17, 15) is 9.59 Å². The smallest absolute Gasteiger partial charge is 0.253 e. The van der Waals surface area contributed by atoms with Gasteiger partial charge in [0.2, 0.25) is 5.91 Å². The van der Waals surface area contributed by atoms with Crippen molar-refractivity contribution < 1.29 is 9.59 Å². The molecule has 2 amide bonds. The lowest BCUT2D eigenvalue weighted by Crippen LogP contribution is -2.36. The fourth-order valence-corrected chi connectivity index (χ4v) is 3.91. The molecule has 0 bridgehead atoms. The highest BCUT2D eigenvalue weighted by atomic mass is 35.5. The Morgan fingerprint density at radius 2 is 1.93 bits per heavy atom. The lowest BCUT2D eigenvalue weighted by molar-refractivity contribution is -0.129. The Balaban J connectivity index is 1.71. The quantitative estimate of drug-likeness (QED) is 0.632. The average Bonchev–Trinajstić information content (AvgIpc) is 3.07. The minimum Gasteiger partial charge on any atom is -0.322 e. The number of amides is 2. The zero-order valence-electron chi connectivity index (χ0n) is 15.8. The van der Waals surface area contributed by atoms with Gasteiger partial charge in [0.1, 0.15) is 5.15 Å². The third kappa shape index (κ3) is 3.61. The fraction of sp³-hybridized carbons (Fsp3) is 0.190. The molecule has 0 saturated carbocycles. The topological polar surface area (TPSA) is 78.1 Å². The Morgan fingerprint density at radius 3 is 2.66 bits per heavy atom. The molecule has 2 N–H and O–H groups in total. The van der Waals surface area contributed by atoms with Gasteiger partial charge in [-0.2, -0.15) is 5.10 Å². The molecule has 1 aliphatic heterocycles. The molecule has 4 rings (SSSR count). The third-order valence-corrected chi connectivity index (χ3v) is 5.82. The van der Waals surface area contributed by atoms with Gasteiger partial charge in [0.15, 0.2) is 0 Å². The zero-order valence-corrected chi connectivity index (χ0v) is 17.3. The molecular weight excluding hydrogens is 411 g/mol. The number of nitrogens with one attached hydrogen (secondary N) is 2. The van der Waals surface area contributed by atoms with Crippen molar-refractivity contribution in [2.45, 2.75) is 19.3 Å². The average molecular weight is 429 g/mol. The summed E-state index contributed by atoms with van der Waals surface area (Å²) < 4.78 is 0. The largest absolute Gasteiger partial charge is 0.322 e. The second-order valence-electron chi connectivity index (χ2n) is 6.98. The van der Waals surface area contributed by atoms with Gasteiger partial charge in [-0.15, -0.1) is 0 Å². The van der Waals surface area contributed by atoms with Crippen LogP contribution in [0.3, 0.4) is 0 Å². The number of aromatic amines is 1. The van der Waals surface area contributed by atoms with Crippen molar-refractivity contribution in [3.05, 3.63) is 69.5 Å². The summed E-state index contributed by atoms with van der Waals surface area (Å²) in [5.41, 5.74) is 3.36. The Hall–Kier alpha value is -2.83. The number of benzene rings is 2. The standard InChI is InChI=1S/C21H18Cl2N4O2/c1-11-19(15(10-18(28)27(11)2)12-3-5-13(22)6-4-12)21(29)24-14-7-8-17-16(9-14)20(23)26-25-17/h3-9,15H,10H2,1-2H3,(H,24,29)(H,25,26). The highest BCUT2D eigenvalue weighted by Gasteiger charge is 2.34. The summed E-state index contributed by atoms with van der Waals surface area (Å²) in [6, 6.07) is 12.5. The van der Waals surface area contributed by atoms with Gasteiger partial charge in [0.25, 0.3) is 5.91 Å². The normalized spacial score (nSPS) is 17.2. The van der Waals surface area contributed by atoms with Crippen molar-refractivity contribution in [1.29, 1.82) is 0 Å². The van der Waals surface area contributed by atoms with Crippen molar-refractivity contribution in [2.75, 3.05) is 12.4 Å². The van der Waals surface area contributed by atoms with Gasteiger partial charge in [-0.25, -0.2) is 0 Å². The number of fused-ring (bicyclic) bond motifs is 1. The molecule has 0 aliphatic carbocycles. The number of carbonyl (C=O) groups excluding carboxylic acids is 2. The van der Waals surface area contributed by atoms with E-state index in [1.165, 1.54) is 4.90 Å². The molecule has 0 spiro atoms. The fourth-order valence-electron chi connectivity index (χ4n) is 3.59. The molecule has 1 aliphatic rings. The van der Waals surface area contributed by atoms with Crippen LogP contribution in [0.4, 0.5) is 5.69 Å². The highest BCUT2D eigenvalue weighted by molar-refractivity contribution is 6.34. The molecule has 1 atom stereocenters. The number of nitrogens with zero attached hydrogens (tertiary/aromatic N) is 2. The summed E-state index contributed by atoms with van der Waals surface area (Å²) in [6.07, 6.45) is 0.213. The summed E-state index contributed by atoms with van der Waals surface area (Å²) in [4.78, 5) is 27.2. The molecule has 1 unspecified atom stereocenters. The van der Waals surface area contributed by atoms with Crippen LogP contribution in [0.2, 0.25) is 10.2 Å². The van der Waals surface area contributed by atoms with Gasteiger partial charge in [-0.3, -0.25) is 14.7 Å². The monoisotopic (exact) mass is 428 g/mol. The van der Waals surface area contributed by atoms with E-state index in [0.717, 1.165) is 10.9 Å². The van der Waals surface area contributed by atoms with Crippen LogP contribution in [-0.4, -0.2) is 34.0 Å². The van der Waals surface area contributed by atoms with Crippen molar-refractivity contribution in [3.63, 3.8) is 0 Å². The minimum absolute atomic E-state index is 0.0365. The van der Waals surface area contributed by atoms with Gasteiger partial charge < -0.3 is 10.2 Å². The van der Waals surface area contributed by atoms with Crippen LogP contribution >= 0.6 is 23.2 Å². The number of halogens is 2. The van der Waals surface area contributed by atoms with Crippen LogP contribution < -0.4 is 5.32 Å². The molecule has 6 nitrogen and oxygen atoms in total. The highest BCUT2D eigenvalue weighted by Crippen LogP contribution is 2.37. The Labute approximate surface area is 177 Å². The predicted octanol–water partition coefficient (Wildman–Crippen LogP) is 4.73. The summed E-state index contributed by atoms with van der Waals surface area (Å²) in [5, 5.41) is 11.5. The van der Waals surface area contributed by atoms with E-state index in [0.29, 0.717) is 32.6 Å². The second-order valence-corrected chi connectivity index (χ2v) is 7.80. The van der Waals surface area contributed by atoms with Crippen molar-refractivity contribution in [2.24, 2.45) is 0 Å². The Morgan fingerprint density at radius 1 is 1.21 bits per heavy atom. The Kier molecular flexibility index (Phi) is 5.06. The third-order valence-electron chi connectivity index (χ3n) is 5.28. The minimum atomic E-state index is -0.350. The van der Waals surface area contributed by atoms with E-state index >= 15 is 0 Å². The Bertz CT molecular complexity index is 1150. The number of anilines is 1. The number of allylic oxidation sites excluding steroid dienone is 1. The summed E-state index contributed by atoms with van der Waals surface area (Å²) in [5.74, 6) is -0.649. The van der Waals surface area contributed by atoms with Gasteiger partial charge in [0, 0.05) is 46.8 Å². The zero-order chi connectivity index (χ0) is 20.7. The van der Waals surface area contributed by atoms with E-state index in [2.05, 4.69) is 15.5 Å². The molecule has 1 aromatic heterocycles. The first-order chi connectivity index (χ1) is 13.8. The van der Waals surface area contributed by atoms with Crippen molar-refractivity contribution in [1.82, 2.24) is 15.1 Å². The lowest BCUT2D eigenvalue weighted by atomic mass is 9.83. The molecule has 148 valence electrons. The van der Waals surface area contributed by atoms with Gasteiger partial charge in [-0.05, 0) is 42.8 Å². The molecule has 0 radical (unpaired) electrons. The molecule has 2 heterocycles. The van der Waals surface area contributed by atoms with E-state index in [1.807, 2.05) is 12.1 Å². The molecule has 8 heteroatoms. The van der Waals surface area contributed by atoms with Crippen LogP contribution in [0.15, 0.2) is 53.7 Å². The number of rotatable bonds is 3. The summed E-state index contributed by atoms with van der Waals surface area (Å²) >= 11 is 12.1. The molecule has 0 saturated heterocycles. The predicted molar refractivity (Wildman–Crippen MR) is 114 cm³/mol. The maximum absolute atomic E-state index is 13.3. The van der Waals surface area contributed by atoms with Crippen LogP contribution in [0.5, 0.6) is 0 Å². The SMILES string of the molecule is CC1=C(C(=O)Nc2ccc3n[nH]c(Cl)c3c2)C(c2ccc(Cl)cc2)CC(=O)N1C. The molecule has 0 fully saturated rings. The molecular formula is C21H18Cl2N4O2. The molecule has 2 aromatic carbocycles. The number of carbonyl (C=O) groups is 2. The summed E-state index contributed by atoms with van der Waals surface area (Å²) in [6.45, 7) is 1.78. The first kappa shape index (κ1) is 19.5. The van der Waals surface area contributed by atoms with Crippen molar-refractivity contribution >= 4 is 51.6 Å². The van der Waals surface area contributed by atoms with Gasteiger partial charge >= 0.3 is 0 Å². The molecule has 29 heavy (non-hydrogen) atoms. The van der Waals surface area contributed by atoms with E-state index in [-0.39, 0.29) is 24.2 Å². The van der Waals surface area contributed by atoms with E-state index < -0.39 is 0 Å². The van der Waals surface area contributed by atoms with Gasteiger partial charge in [-0.1, -0.05) is 35.3 Å². The number of aromatic nitrogens is 2. The van der Waals surface area contributed by atoms with Gasteiger partial charge in [0.05, 0.1) is 5.52 Å². The molecule has 3 aromatic rings. The number of hydrogen-bond acceptors (Lipinski definition) is 3. The van der Waals surface area contributed by atoms with Crippen molar-refractivity contribution in [3.8, 4) is 0 Å². The summed E-state index contributed by atoms with van der Waals surface area (Å²) in [7, 11) is 1.68. The van der Waals surface area contributed by atoms with Crippen LogP contribution in [0, 0.1) is 0 Å². The van der Waals surface area contributed by atoms with E-state index in [4.69, 9.17) is 23.2 Å². The second kappa shape index (κ2) is 7.54. The van der Waals surface area contributed by atoms with Crippen LogP contribution in [0.25, 0.3) is 10.9 Å². The number of hydrogen-bond donors (Lipinski definition) is 2. The maximum atomic E-state index is 13.3. The maximum Gasteiger partial charge on any atom is 0.253 e. The first-order valence-electron chi connectivity index (χ1n) is 9.03. The first-order valence-corrected chi connectivity index (χ1v) is 9.78.